The number of carbonyl (C=O) groups excluding carboxylic acids is 3. The maximum atomic E-state index is 13.9. The van der Waals surface area contributed by atoms with Crippen molar-refractivity contribution in [1.82, 2.24) is 4.90 Å². The number of hydrogen-bond donors (Lipinski definition) is 6. The number of benzene rings is 1. The minimum absolute atomic E-state index is 0.0313. The maximum absolute atomic E-state index is 13.9. The molecule has 1 aliphatic heterocycles. The first-order valence-electron chi connectivity index (χ1n) is 14.3. The molecule has 222 valence electrons. The first-order chi connectivity index (χ1) is 19.4. The second kappa shape index (κ2) is 10.5. The Hall–Kier alpha value is -3.41. The number of amides is 1. The van der Waals surface area contributed by atoms with Crippen molar-refractivity contribution in [3.8, 4) is 5.75 Å². The molecule has 0 unspecified atom stereocenters. The van der Waals surface area contributed by atoms with E-state index in [1.165, 1.54) is 0 Å². The van der Waals surface area contributed by atoms with Gasteiger partial charge >= 0.3 is 0 Å². The van der Waals surface area contributed by atoms with E-state index in [0.717, 1.165) is 38.8 Å². The molecule has 1 heterocycles. The minimum Gasteiger partial charge on any atom is -0.508 e. The molecule has 2 fully saturated rings. The quantitative estimate of drug-likeness (QED) is 0.275. The van der Waals surface area contributed by atoms with Crippen molar-refractivity contribution in [2.45, 2.75) is 69.6 Å². The largest absolute Gasteiger partial charge is 0.508 e. The van der Waals surface area contributed by atoms with Crippen LogP contribution in [0.15, 0.2) is 29.0 Å². The minimum atomic E-state index is -2.84. The van der Waals surface area contributed by atoms with E-state index in [1.54, 1.807) is 13.0 Å². The van der Waals surface area contributed by atoms with Crippen LogP contribution in [-0.2, 0) is 14.4 Å². The summed E-state index contributed by atoms with van der Waals surface area (Å²) in [5, 5.41) is 57.0. The highest BCUT2D eigenvalue weighted by Gasteiger charge is 2.65. The van der Waals surface area contributed by atoms with Crippen molar-refractivity contribution in [1.29, 1.82) is 0 Å². The molecule has 0 bridgehead atoms. The Balaban J connectivity index is 1.66. The van der Waals surface area contributed by atoms with E-state index < -0.39 is 70.4 Å². The number of nitrogens with zero attached hydrogens (tertiary/aromatic N) is 2. The summed E-state index contributed by atoms with van der Waals surface area (Å²) in [6.45, 7) is 6.32. The number of aliphatic hydroxyl groups excluding tert-OH is 3. The topological polar surface area (TPSA) is 185 Å². The van der Waals surface area contributed by atoms with Crippen molar-refractivity contribution in [3.63, 3.8) is 0 Å². The number of piperidine rings is 1. The lowest BCUT2D eigenvalue weighted by atomic mass is 9.55. The number of phenols is 1. The van der Waals surface area contributed by atoms with Crippen LogP contribution >= 0.6 is 0 Å². The van der Waals surface area contributed by atoms with Crippen LogP contribution in [-0.4, -0.2) is 92.3 Å². The molecule has 7 N–H and O–H groups in total. The van der Waals surface area contributed by atoms with Gasteiger partial charge in [0.15, 0.2) is 11.4 Å². The van der Waals surface area contributed by atoms with Crippen molar-refractivity contribution in [3.05, 3.63) is 40.2 Å². The molecule has 0 radical (unpaired) electrons. The fraction of sp³-hybridized carbons (Fsp3) is 0.567. The van der Waals surface area contributed by atoms with Crippen molar-refractivity contribution in [2.24, 2.45) is 17.6 Å². The number of ketones is 2. The van der Waals surface area contributed by atoms with Gasteiger partial charge in [-0.05, 0) is 56.9 Å². The van der Waals surface area contributed by atoms with Gasteiger partial charge in [0.1, 0.15) is 22.8 Å². The number of fused-ring (bicyclic) bond motifs is 3. The first-order valence-corrected chi connectivity index (χ1v) is 14.3. The van der Waals surface area contributed by atoms with Crippen LogP contribution in [0.4, 0.5) is 5.69 Å². The number of likely N-dealkylation sites (tertiary alicyclic amines) is 1. The van der Waals surface area contributed by atoms with E-state index in [2.05, 4.69) is 23.8 Å². The smallest absolute Gasteiger partial charge is 0.255 e. The van der Waals surface area contributed by atoms with E-state index in [0.29, 0.717) is 17.8 Å². The molecule has 3 aliphatic carbocycles. The lowest BCUT2D eigenvalue weighted by Crippen LogP contribution is -2.63. The summed E-state index contributed by atoms with van der Waals surface area (Å²) in [4.78, 5) is 42.9. The third kappa shape index (κ3) is 4.24. The predicted octanol–water partition coefficient (Wildman–Crippen LogP) is 1.66. The van der Waals surface area contributed by atoms with Gasteiger partial charge in [-0.1, -0.05) is 26.3 Å². The Labute approximate surface area is 238 Å². The molecule has 1 saturated carbocycles. The summed E-state index contributed by atoms with van der Waals surface area (Å²) in [6, 6.07) is 3.75. The first kappa shape index (κ1) is 29.1. The van der Waals surface area contributed by atoms with E-state index in [9.17, 15) is 39.9 Å². The molecule has 4 aliphatic rings. The molecule has 11 nitrogen and oxygen atoms in total. The fourth-order valence-corrected chi connectivity index (χ4v) is 7.35. The van der Waals surface area contributed by atoms with Crippen molar-refractivity contribution >= 4 is 28.9 Å². The predicted molar refractivity (Wildman–Crippen MR) is 150 cm³/mol. The number of aromatic hydroxyl groups is 1. The Morgan fingerprint density at radius 3 is 2.44 bits per heavy atom. The summed E-state index contributed by atoms with van der Waals surface area (Å²) >= 11 is 0. The van der Waals surface area contributed by atoms with Crippen LogP contribution in [0.5, 0.6) is 5.75 Å². The lowest BCUT2D eigenvalue weighted by Gasteiger charge is -2.50. The number of nitrogens with two attached hydrogens (primary N) is 1. The number of unbranched alkanes of at least 4 members (excludes halogenated alkanes) is 1. The zero-order chi connectivity index (χ0) is 30.0. The van der Waals surface area contributed by atoms with Crippen molar-refractivity contribution in [2.75, 3.05) is 31.6 Å². The highest BCUT2D eigenvalue weighted by atomic mass is 16.4. The summed E-state index contributed by atoms with van der Waals surface area (Å²) < 4.78 is 0. The van der Waals surface area contributed by atoms with Crippen LogP contribution in [0, 0.1) is 11.8 Å². The number of carbonyl (C=O) groups is 3. The third-order valence-electron chi connectivity index (χ3n) is 9.67. The fourth-order valence-electron chi connectivity index (χ4n) is 7.35. The lowest BCUT2D eigenvalue weighted by molar-refractivity contribution is -0.160. The summed E-state index contributed by atoms with van der Waals surface area (Å²) in [5.41, 5.74) is 2.20. The Morgan fingerprint density at radius 2 is 1.83 bits per heavy atom. The van der Waals surface area contributed by atoms with E-state index >= 15 is 0 Å². The number of rotatable bonds is 6. The number of Topliss-reactive ketones (excluding diaryl/α,β-unsaturated/α-hetero) is 2. The summed E-state index contributed by atoms with van der Waals surface area (Å²) in [7, 11) is 2.07. The zero-order valence-corrected chi connectivity index (χ0v) is 23.6. The van der Waals surface area contributed by atoms with Gasteiger partial charge < -0.3 is 41.1 Å². The van der Waals surface area contributed by atoms with Gasteiger partial charge in [-0.15, -0.1) is 0 Å². The molecule has 5 atom stereocenters. The number of aliphatic hydroxyl groups is 4. The highest BCUT2D eigenvalue weighted by Crippen LogP contribution is 2.56. The Morgan fingerprint density at radius 1 is 1.17 bits per heavy atom. The van der Waals surface area contributed by atoms with Gasteiger partial charge in [0.2, 0.25) is 5.78 Å². The Bertz CT molecular complexity index is 1360. The zero-order valence-electron chi connectivity index (χ0n) is 23.6. The molecule has 41 heavy (non-hydrogen) atoms. The second-order valence-electron chi connectivity index (χ2n) is 12.0. The van der Waals surface area contributed by atoms with Crippen LogP contribution < -0.4 is 10.6 Å². The van der Waals surface area contributed by atoms with Crippen LogP contribution in [0.2, 0.25) is 0 Å². The van der Waals surface area contributed by atoms with Gasteiger partial charge in [0.25, 0.3) is 5.91 Å². The van der Waals surface area contributed by atoms with Crippen LogP contribution in [0.25, 0.3) is 5.76 Å². The molecule has 1 aromatic rings. The van der Waals surface area contributed by atoms with E-state index in [1.807, 2.05) is 6.07 Å². The maximum Gasteiger partial charge on any atom is 0.255 e. The van der Waals surface area contributed by atoms with E-state index in [-0.39, 0.29) is 22.9 Å². The van der Waals surface area contributed by atoms with E-state index in [4.69, 9.17) is 5.73 Å². The third-order valence-corrected chi connectivity index (χ3v) is 9.67. The summed E-state index contributed by atoms with van der Waals surface area (Å²) in [6.07, 6.45) is 1.49. The van der Waals surface area contributed by atoms with Gasteiger partial charge in [-0.25, -0.2) is 0 Å². The number of hydrogen-bond acceptors (Lipinski definition) is 10. The average Bonchev–Trinajstić information content (AvgIpc) is 2.92. The molecule has 1 aromatic carbocycles. The number of primary amides is 1. The molecule has 0 spiro atoms. The Kier molecular flexibility index (Phi) is 7.42. The molecule has 11 heteroatoms. The normalized spacial score (nSPS) is 30.7. The molecular weight excluding hydrogens is 530 g/mol. The van der Waals surface area contributed by atoms with Gasteiger partial charge in [0.05, 0.1) is 17.4 Å². The monoisotopic (exact) mass is 569 g/mol. The van der Waals surface area contributed by atoms with Gasteiger partial charge in [-0.2, -0.15) is 0 Å². The molecule has 1 amide bonds. The molecule has 1 saturated heterocycles. The summed E-state index contributed by atoms with van der Waals surface area (Å²) in [5.74, 6) is -8.48. The average molecular weight is 570 g/mol. The van der Waals surface area contributed by atoms with Gasteiger partial charge in [-0.3, -0.25) is 14.4 Å². The highest BCUT2D eigenvalue weighted by molar-refractivity contribution is 6.23. The SMILES string of the molecule is CCCCN(c1ccc2c(c1O)C(O)=C1C(=O)[C@]3(O)C(O)=C(C(N)=O)C(=O)C[C@@H]3[C@@H](O)[C@@H]1[C@H]2C)C1CCN(C)CC1. The number of anilines is 1. The van der Waals surface area contributed by atoms with Gasteiger partial charge in [0, 0.05) is 36.4 Å². The molecular formula is C30H39N3O8. The molecule has 5 rings (SSSR count). The molecule has 0 aromatic heterocycles. The van der Waals surface area contributed by atoms with Crippen LogP contribution in [0.1, 0.15) is 63.0 Å². The standard InChI is InChI=1S/C30H39N3O8/c1-4-5-10-33(15-8-11-32(3)12-9-15)18-7-6-16-14(2)20-23(26(37)21(16)25(18)36)28(39)30(41)17(24(20)35)13-19(34)22(27(30)38)29(31)40/h6-7,14-15,17,20,24,35-38,41H,4-5,8-13H2,1-3H3,(H2,31,40)/t14-,17+,20+,24+,30+/m0/s1. The number of phenolic OH excluding ortho intramolecular Hbond substituents is 1. The van der Waals surface area contributed by atoms with Crippen LogP contribution in [0.3, 0.4) is 0 Å². The second-order valence-corrected chi connectivity index (χ2v) is 12.0. The van der Waals surface area contributed by atoms with Crippen molar-refractivity contribution < 1.29 is 39.9 Å².